The molecule has 7 heteroatoms. The van der Waals surface area contributed by atoms with Gasteiger partial charge in [-0.2, -0.15) is 10.1 Å². The minimum absolute atomic E-state index is 0.433. The van der Waals surface area contributed by atoms with Gasteiger partial charge in [-0.15, -0.1) is 5.10 Å². The number of benzene rings is 2. The zero-order valence-electron chi connectivity index (χ0n) is 15.7. The quantitative estimate of drug-likeness (QED) is 0.587. The van der Waals surface area contributed by atoms with Crippen LogP contribution in [-0.2, 0) is 0 Å². The van der Waals surface area contributed by atoms with Crippen LogP contribution in [0.25, 0.3) is 0 Å². The van der Waals surface area contributed by atoms with Gasteiger partial charge in [0.05, 0.1) is 6.20 Å². The van der Waals surface area contributed by atoms with Crippen molar-refractivity contribution in [3.05, 3.63) is 59.2 Å². The molecule has 0 fully saturated rings. The SMILES string of the molecule is CCN(CC)c1ccc(Nc2nncc(Nc3ccc(Cl)cc3C)n2)cc1. The van der Waals surface area contributed by atoms with Gasteiger partial charge < -0.3 is 15.5 Å². The number of hydrogen-bond donors (Lipinski definition) is 2. The van der Waals surface area contributed by atoms with Crippen molar-refractivity contribution in [2.24, 2.45) is 0 Å². The summed E-state index contributed by atoms with van der Waals surface area (Å²) in [5.74, 6) is 1.04. The van der Waals surface area contributed by atoms with E-state index in [4.69, 9.17) is 11.6 Å². The predicted octanol–water partition coefficient (Wildman–Crippen LogP) is 5.17. The highest BCUT2D eigenvalue weighted by Gasteiger charge is 2.06. The number of rotatable bonds is 7. The summed E-state index contributed by atoms with van der Waals surface area (Å²) in [7, 11) is 0. The third kappa shape index (κ3) is 4.86. The van der Waals surface area contributed by atoms with Crippen molar-refractivity contribution in [1.29, 1.82) is 0 Å². The van der Waals surface area contributed by atoms with E-state index in [0.717, 1.165) is 30.0 Å². The fraction of sp³-hybridized carbons (Fsp3) is 0.250. The summed E-state index contributed by atoms with van der Waals surface area (Å²) in [6.07, 6.45) is 1.59. The van der Waals surface area contributed by atoms with Crippen LogP contribution in [0.2, 0.25) is 5.02 Å². The number of anilines is 5. The Morgan fingerprint density at radius 1 is 1.00 bits per heavy atom. The summed E-state index contributed by atoms with van der Waals surface area (Å²) >= 11 is 6.01. The lowest BCUT2D eigenvalue weighted by atomic mass is 10.2. The molecule has 0 aliphatic rings. The third-order valence-electron chi connectivity index (χ3n) is 4.26. The van der Waals surface area contributed by atoms with Crippen molar-refractivity contribution < 1.29 is 0 Å². The summed E-state index contributed by atoms with van der Waals surface area (Å²) in [6.45, 7) is 8.24. The molecule has 0 spiro atoms. The van der Waals surface area contributed by atoms with Crippen LogP contribution < -0.4 is 15.5 Å². The molecule has 0 aliphatic heterocycles. The van der Waals surface area contributed by atoms with E-state index < -0.39 is 0 Å². The van der Waals surface area contributed by atoms with Crippen LogP contribution in [0.1, 0.15) is 19.4 Å². The average Bonchev–Trinajstić information content (AvgIpc) is 2.67. The monoisotopic (exact) mass is 382 g/mol. The molecule has 0 bridgehead atoms. The first-order chi connectivity index (χ1) is 13.1. The number of nitrogens with zero attached hydrogens (tertiary/aromatic N) is 4. The van der Waals surface area contributed by atoms with Gasteiger partial charge >= 0.3 is 0 Å². The molecule has 27 heavy (non-hydrogen) atoms. The second-order valence-electron chi connectivity index (χ2n) is 6.09. The van der Waals surface area contributed by atoms with Crippen LogP contribution in [0.4, 0.5) is 28.8 Å². The lowest BCUT2D eigenvalue weighted by molar-refractivity contribution is 0.866. The van der Waals surface area contributed by atoms with Gasteiger partial charge in [0.1, 0.15) is 0 Å². The Balaban J connectivity index is 1.72. The zero-order chi connectivity index (χ0) is 19.2. The maximum Gasteiger partial charge on any atom is 0.249 e. The summed E-state index contributed by atoms with van der Waals surface area (Å²) in [6, 6.07) is 13.8. The molecule has 6 nitrogen and oxygen atoms in total. The van der Waals surface area contributed by atoms with Crippen LogP contribution in [0.15, 0.2) is 48.7 Å². The van der Waals surface area contributed by atoms with E-state index in [1.807, 2.05) is 37.3 Å². The number of aromatic nitrogens is 3. The van der Waals surface area contributed by atoms with E-state index in [9.17, 15) is 0 Å². The molecule has 140 valence electrons. The highest BCUT2D eigenvalue weighted by molar-refractivity contribution is 6.30. The molecular weight excluding hydrogens is 360 g/mol. The largest absolute Gasteiger partial charge is 0.372 e. The summed E-state index contributed by atoms with van der Waals surface area (Å²) < 4.78 is 0. The van der Waals surface area contributed by atoms with E-state index >= 15 is 0 Å². The topological polar surface area (TPSA) is 66.0 Å². The molecule has 0 amide bonds. The van der Waals surface area contributed by atoms with Crippen LogP contribution in [0.5, 0.6) is 0 Å². The summed E-state index contributed by atoms with van der Waals surface area (Å²) in [5.41, 5.74) is 4.06. The zero-order valence-corrected chi connectivity index (χ0v) is 16.5. The summed E-state index contributed by atoms with van der Waals surface area (Å²) in [4.78, 5) is 6.77. The Morgan fingerprint density at radius 2 is 1.74 bits per heavy atom. The van der Waals surface area contributed by atoms with Gasteiger partial charge in [-0.3, -0.25) is 0 Å². The van der Waals surface area contributed by atoms with Crippen LogP contribution >= 0.6 is 11.6 Å². The lowest BCUT2D eigenvalue weighted by Crippen LogP contribution is -2.21. The maximum absolute atomic E-state index is 6.01. The van der Waals surface area contributed by atoms with Crippen LogP contribution in [-0.4, -0.2) is 28.3 Å². The Bertz CT molecular complexity index is 893. The van der Waals surface area contributed by atoms with Crippen LogP contribution in [0, 0.1) is 6.92 Å². The Hall–Kier alpha value is -2.86. The number of hydrogen-bond acceptors (Lipinski definition) is 6. The molecule has 0 atom stereocenters. The summed E-state index contributed by atoms with van der Waals surface area (Å²) in [5, 5.41) is 15.2. The minimum atomic E-state index is 0.433. The van der Waals surface area contributed by atoms with Gasteiger partial charge in [-0.1, -0.05) is 11.6 Å². The number of nitrogens with one attached hydrogen (secondary N) is 2. The molecule has 0 saturated carbocycles. The fourth-order valence-electron chi connectivity index (χ4n) is 2.80. The standard InChI is InChI=1S/C20H23ClN6/c1-4-27(5-2)17-9-7-16(8-10-17)23-20-25-19(13-22-26-20)24-18-11-6-15(21)12-14(18)3/h6-13H,4-5H2,1-3H3,(H2,23,24,25,26). The van der Waals surface area contributed by atoms with Crippen molar-refractivity contribution in [2.75, 3.05) is 28.6 Å². The second-order valence-corrected chi connectivity index (χ2v) is 6.53. The fourth-order valence-corrected chi connectivity index (χ4v) is 3.02. The minimum Gasteiger partial charge on any atom is -0.372 e. The van der Waals surface area contributed by atoms with Crippen molar-refractivity contribution in [3.8, 4) is 0 Å². The Morgan fingerprint density at radius 3 is 2.41 bits per heavy atom. The molecule has 3 rings (SSSR count). The van der Waals surface area contributed by atoms with Crippen molar-refractivity contribution in [2.45, 2.75) is 20.8 Å². The second kappa shape index (κ2) is 8.68. The van der Waals surface area contributed by atoms with Gasteiger partial charge in [0.25, 0.3) is 0 Å². The molecule has 0 unspecified atom stereocenters. The molecule has 1 heterocycles. The number of aryl methyl sites for hydroxylation is 1. The molecule has 0 radical (unpaired) electrons. The lowest BCUT2D eigenvalue weighted by Gasteiger charge is -2.21. The first kappa shape index (κ1) is 18.9. The molecule has 3 aromatic rings. The first-order valence-electron chi connectivity index (χ1n) is 8.94. The van der Waals surface area contributed by atoms with E-state index in [2.05, 4.69) is 56.7 Å². The maximum atomic E-state index is 6.01. The van der Waals surface area contributed by atoms with Crippen LogP contribution in [0.3, 0.4) is 0 Å². The molecule has 2 N–H and O–H groups in total. The predicted molar refractivity (Wildman–Crippen MR) is 113 cm³/mol. The van der Waals surface area contributed by atoms with Gasteiger partial charge in [-0.25, -0.2) is 0 Å². The van der Waals surface area contributed by atoms with E-state index in [-0.39, 0.29) is 0 Å². The van der Waals surface area contributed by atoms with E-state index in [0.29, 0.717) is 16.8 Å². The highest BCUT2D eigenvalue weighted by Crippen LogP contribution is 2.23. The van der Waals surface area contributed by atoms with Gasteiger partial charge in [0.15, 0.2) is 5.82 Å². The molecule has 2 aromatic carbocycles. The molecule has 0 aliphatic carbocycles. The van der Waals surface area contributed by atoms with Gasteiger partial charge in [-0.05, 0) is 68.8 Å². The van der Waals surface area contributed by atoms with E-state index in [1.165, 1.54) is 5.69 Å². The van der Waals surface area contributed by atoms with Gasteiger partial charge in [0, 0.05) is 35.2 Å². The normalized spacial score (nSPS) is 10.5. The smallest absolute Gasteiger partial charge is 0.249 e. The third-order valence-corrected chi connectivity index (χ3v) is 4.50. The molecule has 1 aromatic heterocycles. The molecular formula is C20H23ClN6. The van der Waals surface area contributed by atoms with Gasteiger partial charge in [0.2, 0.25) is 5.95 Å². The van der Waals surface area contributed by atoms with Crippen molar-refractivity contribution >= 4 is 40.4 Å². The average molecular weight is 383 g/mol. The van der Waals surface area contributed by atoms with Crippen molar-refractivity contribution in [1.82, 2.24) is 15.2 Å². The Labute approximate surface area is 164 Å². The van der Waals surface area contributed by atoms with E-state index in [1.54, 1.807) is 6.20 Å². The first-order valence-corrected chi connectivity index (χ1v) is 9.31. The number of halogens is 1. The van der Waals surface area contributed by atoms with Crippen molar-refractivity contribution in [3.63, 3.8) is 0 Å². The molecule has 0 saturated heterocycles. The highest BCUT2D eigenvalue weighted by atomic mass is 35.5. The Kier molecular flexibility index (Phi) is 6.08.